The van der Waals surface area contributed by atoms with Gasteiger partial charge in [-0.05, 0) is 17.7 Å². The Balaban J connectivity index is 1.57. The minimum absolute atomic E-state index is 0.251. The molecule has 0 aliphatic heterocycles. The van der Waals surface area contributed by atoms with Crippen LogP contribution in [-0.4, -0.2) is 20.9 Å². The van der Waals surface area contributed by atoms with Gasteiger partial charge in [-0.15, -0.1) is 0 Å². The van der Waals surface area contributed by atoms with E-state index in [0.29, 0.717) is 30.4 Å². The van der Waals surface area contributed by atoms with Crippen LogP contribution >= 0.6 is 0 Å². The fourth-order valence-corrected chi connectivity index (χ4v) is 2.92. The Hall–Kier alpha value is -4.06. The van der Waals surface area contributed by atoms with Crippen LogP contribution in [0.1, 0.15) is 21.7 Å². The van der Waals surface area contributed by atoms with Crippen LogP contribution in [0.4, 0.5) is 5.82 Å². The lowest BCUT2D eigenvalue weighted by Crippen LogP contribution is -2.24. The van der Waals surface area contributed by atoms with Gasteiger partial charge < -0.3 is 10.6 Å². The van der Waals surface area contributed by atoms with Crippen LogP contribution in [-0.2, 0) is 13.1 Å². The molecule has 1 amide bonds. The van der Waals surface area contributed by atoms with E-state index >= 15 is 0 Å². The van der Waals surface area contributed by atoms with Crippen molar-refractivity contribution in [3.05, 3.63) is 108 Å². The van der Waals surface area contributed by atoms with Crippen molar-refractivity contribution in [3.8, 4) is 11.4 Å². The number of pyridine rings is 1. The number of nitrogens with zero attached hydrogens (tertiary/aromatic N) is 3. The van der Waals surface area contributed by atoms with Crippen molar-refractivity contribution in [2.45, 2.75) is 13.1 Å². The number of hydrogen-bond donors (Lipinski definition) is 2. The number of carbonyl (C=O) groups excluding carboxylic acids is 1. The number of benzene rings is 2. The third-order valence-corrected chi connectivity index (χ3v) is 4.46. The first-order chi connectivity index (χ1) is 14.8. The maximum absolute atomic E-state index is 12.8. The van der Waals surface area contributed by atoms with Crippen LogP contribution in [0.2, 0.25) is 0 Å². The van der Waals surface area contributed by atoms with E-state index in [1.54, 1.807) is 12.3 Å². The number of rotatable bonds is 7. The van der Waals surface area contributed by atoms with Crippen LogP contribution in [0.3, 0.4) is 0 Å². The lowest BCUT2D eigenvalue weighted by Gasteiger charge is -2.11. The van der Waals surface area contributed by atoms with Crippen LogP contribution in [0.15, 0.2) is 91.1 Å². The Morgan fingerprint density at radius 2 is 1.53 bits per heavy atom. The molecule has 2 N–H and O–H groups in total. The summed E-state index contributed by atoms with van der Waals surface area (Å²) in [5, 5.41) is 6.17. The van der Waals surface area contributed by atoms with Crippen molar-refractivity contribution in [1.29, 1.82) is 0 Å². The van der Waals surface area contributed by atoms with Gasteiger partial charge in [-0.3, -0.25) is 9.78 Å². The van der Waals surface area contributed by atoms with Crippen molar-refractivity contribution in [3.63, 3.8) is 0 Å². The largest absolute Gasteiger partial charge is 0.364 e. The van der Waals surface area contributed by atoms with Gasteiger partial charge in [-0.2, -0.15) is 0 Å². The quantitative estimate of drug-likeness (QED) is 0.493. The van der Waals surface area contributed by atoms with Gasteiger partial charge in [0.15, 0.2) is 5.82 Å². The fourth-order valence-electron chi connectivity index (χ4n) is 2.92. The molecule has 30 heavy (non-hydrogen) atoms. The SMILES string of the molecule is O=C(NCc1ccccc1)c1cc(NCc2ccccn2)nc(-c2ccccc2)n1. The average Bonchev–Trinajstić information content (AvgIpc) is 2.83. The van der Waals surface area contributed by atoms with E-state index in [-0.39, 0.29) is 5.91 Å². The summed E-state index contributed by atoms with van der Waals surface area (Å²) < 4.78 is 0. The molecule has 0 spiro atoms. The first kappa shape index (κ1) is 19.3. The third kappa shape index (κ3) is 5.05. The van der Waals surface area contributed by atoms with E-state index < -0.39 is 0 Å². The Morgan fingerprint density at radius 3 is 2.27 bits per heavy atom. The highest BCUT2D eigenvalue weighted by Gasteiger charge is 2.13. The number of anilines is 1. The lowest BCUT2D eigenvalue weighted by molar-refractivity contribution is 0.0946. The van der Waals surface area contributed by atoms with Crippen LogP contribution < -0.4 is 10.6 Å². The molecule has 4 aromatic rings. The zero-order valence-electron chi connectivity index (χ0n) is 16.3. The average molecular weight is 395 g/mol. The number of hydrogen-bond acceptors (Lipinski definition) is 5. The predicted molar refractivity (Wildman–Crippen MR) is 117 cm³/mol. The van der Waals surface area contributed by atoms with Crippen molar-refractivity contribution < 1.29 is 4.79 Å². The summed E-state index contributed by atoms with van der Waals surface area (Å²) in [6.45, 7) is 0.929. The molecule has 0 aliphatic rings. The molecule has 0 aliphatic carbocycles. The molecule has 6 heteroatoms. The Morgan fingerprint density at radius 1 is 0.800 bits per heavy atom. The molecular formula is C24H21N5O. The standard InChI is InChI=1S/C24H21N5O/c30-24(27-16-18-9-3-1-4-10-18)21-15-22(26-17-20-13-7-8-14-25-20)29-23(28-21)19-11-5-2-6-12-19/h1-15H,16-17H2,(H,27,30)(H,26,28,29). The molecule has 6 nitrogen and oxygen atoms in total. The van der Waals surface area contributed by atoms with Crippen molar-refractivity contribution in [2.75, 3.05) is 5.32 Å². The summed E-state index contributed by atoms with van der Waals surface area (Å²) in [6.07, 6.45) is 1.74. The zero-order valence-corrected chi connectivity index (χ0v) is 16.3. The molecule has 0 unspecified atom stereocenters. The second-order valence-electron chi connectivity index (χ2n) is 6.67. The molecule has 2 aromatic heterocycles. The minimum atomic E-state index is -0.251. The first-order valence-electron chi connectivity index (χ1n) is 9.68. The highest BCUT2D eigenvalue weighted by atomic mass is 16.1. The third-order valence-electron chi connectivity index (χ3n) is 4.46. The molecule has 4 rings (SSSR count). The molecule has 0 radical (unpaired) electrons. The minimum Gasteiger partial charge on any atom is -0.364 e. The van der Waals surface area contributed by atoms with E-state index in [1.807, 2.05) is 78.9 Å². The first-order valence-corrected chi connectivity index (χ1v) is 9.68. The van der Waals surface area contributed by atoms with E-state index in [1.165, 1.54) is 0 Å². The van der Waals surface area contributed by atoms with Crippen LogP contribution in [0.5, 0.6) is 0 Å². The van der Waals surface area contributed by atoms with Crippen molar-refractivity contribution in [2.24, 2.45) is 0 Å². The van der Waals surface area contributed by atoms with Gasteiger partial charge in [0.2, 0.25) is 0 Å². The van der Waals surface area contributed by atoms with Gasteiger partial charge >= 0.3 is 0 Å². The molecule has 148 valence electrons. The molecule has 0 saturated heterocycles. The van der Waals surface area contributed by atoms with Crippen LogP contribution in [0.25, 0.3) is 11.4 Å². The van der Waals surface area contributed by atoms with Crippen molar-refractivity contribution >= 4 is 11.7 Å². The molecular weight excluding hydrogens is 374 g/mol. The van der Waals surface area contributed by atoms with E-state index in [0.717, 1.165) is 16.8 Å². The second-order valence-corrected chi connectivity index (χ2v) is 6.67. The normalized spacial score (nSPS) is 10.4. The predicted octanol–water partition coefficient (Wildman–Crippen LogP) is 4.08. The van der Waals surface area contributed by atoms with Crippen molar-refractivity contribution in [1.82, 2.24) is 20.3 Å². The summed E-state index contributed by atoms with van der Waals surface area (Å²) in [5.74, 6) is 0.810. The Labute approximate surface area is 175 Å². The molecule has 0 bridgehead atoms. The van der Waals surface area contributed by atoms with Crippen LogP contribution in [0, 0.1) is 0 Å². The molecule has 0 fully saturated rings. The number of carbonyl (C=O) groups is 1. The second kappa shape index (κ2) is 9.43. The van der Waals surface area contributed by atoms with E-state index in [4.69, 9.17) is 0 Å². The summed E-state index contributed by atoms with van der Waals surface area (Å²) in [4.78, 5) is 26.2. The summed E-state index contributed by atoms with van der Waals surface area (Å²) in [7, 11) is 0. The number of nitrogens with one attached hydrogen (secondary N) is 2. The van der Waals surface area contributed by atoms with E-state index in [9.17, 15) is 4.79 Å². The van der Waals surface area contributed by atoms with Gasteiger partial charge in [0, 0.05) is 24.4 Å². The number of aromatic nitrogens is 3. The molecule has 0 atom stereocenters. The molecule has 2 heterocycles. The lowest BCUT2D eigenvalue weighted by atomic mass is 10.2. The van der Waals surface area contributed by atoms with Gasteiger partial charge in [0.25, 0.3) is 5.91 Å². The summed E-state index contributed by atoms with van der Waals surface area (Å²) >= 11 is 0. The fraction of sp³-hybridized carbons (Fsp3) is 0.0833. The summed E-state index contributed by atoms with van der Waals surface area (Å²) in [6, 6.07) is 26.8. The topological polar surface area (TPSA) is 79.8 Å². The molecule has 2 aromatic carbocycles. The number of amides is 1. The highest BCUT2D eigenvalue weighted by Crippen LogP contribution is 2.18. The maximum Gasteiger partial charge on any atom is 0.270 e. The smallest absolute Gasteiger partial charge is 0.270 e. The summed E-state index contributed by atoms with van der Waals surface area (Å²) in [5.41, 5.74) is 3.06. The van der Waals surface area contributed by atoms with Gasteiger partial charge in [-0.1, -0.05) is 66.7 Å². The van der Waals surface area contributed by atoms with Gasteiger partial charge in [-0.25, -0.2) is 9.97 Å². The monoisotopic (exact) mass is 395 g/mol. The van der Waals surface area contributed by atoms with Gasteiger partial charge in [0.05, 0.1) is 12.2 Å². The van der Waals surface area contributed by atoms with E-state index in [2.05, 4.69) is 25.6 Å². The highest BCUT2D eigenvalue weighted by molar-refractivity contribution is 5.93. The Bertz CT molecular complexity index is 1100. The Kier molecular flexibility index (Phi) is 6.05. The zero-order chi connectivity index (χ0) is 20.6. The molecule has 0 saturated carbocycles. The maximum atomic E-state index is 12.8. The van der Waals surface area contributed by atoms with Gasteiger partial charge in [0.1, 0.15) is 11.5 Å².